The molecule has 0 fully saturated rings. The Kier molecular flexibility index (Phi) is 4.31. The highest BCUT2D eigenvalue weighted by molar-refractivity contribution is 6.31. The van der Waals surface area contributed by atoms with Gasteiger partial charge < -0.3 is 5.32 Å². The SMILES string of the molecule is Cc1ccc(-c2nc(Nc3cccc(Cl)c3C)c3ccccc3n2)cc1. The van der Waals surface area contributed by atoms with Crippen molar-refractivity contribution < 1.29 is 0 Å². The Morgan fingerprint density at radius 2 is 1.58 bits per heavy atom. The third-order valence-corrected chi connectivity index (χ3v) is 4.84. The topological polar surface area (TPSA) is 37.8 Å². The zero-order chi connectivity index (χ0) is 18.1. The molecule has 0 atom stereocenters. The summed E-state index contributed by atoms with van der Waals surface area (Å²) in [7, 11) is 0. The molecular formula is C22H18ClN3. The lowest BCUT2D eigenvalue weighted by molar-refractivity contribution is 1.22. The van der Waals surface area contributed by atoms with Crippen LogP contribution in [0.4, 0.5) is 11.5 Å². The normalized spacial score (nSPS) is 10.9. The zero-order valence-corrected chi connectivity index (χ0v) is 15.4. The number of aromatic nitrogens is 2. The van der Waals surface area contributed by atoms with E-state index in [1.54, 1.807) is 0 Å². The third-order valence-electron chi connectivity index (χ3n) is 4.43. The van der Waals surface area contributed by atoms with E-state index in [4.69, 9.17) is 21.6 Å². The molecule has 1 N–H and O–H groups in total. The molecule has 0 aliphatic carbocycles. The summed E-state index contributed by atoms with van der Waals surface area (Å²) in [5.41, 5.74) is 5.04. The molecule has 0 bridgehead atoms. The summed E-state index contributed by atoms with van der Waals surface area (Å²) < 4.78 is 0. The predicted molar refractivity (Wildman–Crippen MR) is 109 cm³/mol. The van der Waals surface area contributed by atoms with Crippen LogP contribution in [0.3, 0.4) is 0 Å². The Labute approximate surface area is 157 Å². The van der Waals surface area contributed by atoms with Crippen molar-refractivity contribution >= 4 is 34.0 Å². The van der Waals surface area contributed by atoms with Crippen LogP contribution < -0.4 is 5.32 Å². The summed E-state index contributed by atoms with van der Waals surface area (Å²) in [5.74, 6) is 1.47. The fourth-order valence-electron chi connectivity index (χ4n) is 2.87. The smallest absolute Gasteiger partial charge is 0.162 e. The molecule has 0 aliphatic heterocycles. The van der Waals surface area contributed by atoms with Gasteiger partial charge in [-0.25, -0.2) is 9.97 Å². The standard InChI is InChI=1S/C22H18ClN3/c1-14-10-12-16(13-11-14)21-25-20-8-4-3-6-17(20)22(26-21)24-19-9-5-7-18(23)15(19)2/h3-13H,1-2H3,(H,24,25,26). The van der Waals surface area contributed by atoms with E-state index in [2.05, 4.69) is 24.4 Å². The molecule has 26 heavy (non-hydrogen) atoms. The van der Waals surface area contributed by atoms with Gasteiger partial charge in [-0.2, -0.15) is 0 Å². The van der Waals surface area contributed by atoms with E-state index in [1.807, 2.05) is 61.5 Å². The van der Waals surface area contributed by atoms with Crippen LogP contribution in [-0.2, 0) is 0 Å². The van der Waals surface area contributed by atoms with Crippen LogP contribution in [0.1, 0.15) is 11.1 Å². The first-order valence-corrected chi connectivity index (χ1v) is 8.85. The monoisotopic (exact) mass is 359 g/mol. The maximum Gasteiger partial charge on any atom is 0.162 e. The van der Waals surface area contributed by atoms with Gasteiger partial charge in [0.1, 0.15) is 5.82 Å². The van der Waals surface area contributed by atoms with Crippen molar-refractivity contribution in [1.29, 1.82) is 0 Å². The first-order valence-electron chi connectivity index (χ1n) is 8.48. The molecule has 0 saturated carbocycles. The molecule has 0 unspecified atom stereocenters. The molecule has 3 aromatic carbocycles. The van der Waals surface area contributed by atoms with Crippen molar-refractivity contribution in [3.05, 3.63) is 82.9 Å². The summed E-state index contributed by atoms with van der Waals surface area (Å²) in [5, 5.41) is 5.15. The van der Waals surface area contributed by atoms with Gasteiger partial charge in [0.2, 0.25) is 0 Å². The Balaban J connectivity index is 1.87. The largest absolute Gasteiger partial charge is 0.339 e. The highest BCUT2D eigenvalue weighted by atomic mass is 35.5. The van der Waals surface area contributed by atoms with Crippen LogP contribution in [0.2, 0.25) is 5.02 Å². The van der Waals surface area contributed by atoms with Gasteiger partial charge in [0.15, 0.2) is 5.82 Å². The Morgan fingerprint density at radius 1 is 0.808 bits per heavy atom. The maximum absolute atomic E-state index is 6.27. The molecule has 1 heterocycles. The summed E-state index contributed by atoms with van der Waals surface area (Å²) in [6.45, 7) is 4.06. The van der Waals surface area contributed by atoms with Crippen molar-refractivity contribution in [1.82, 2.24) is 9.97 Å². The average molecular weight is 360 g/mol. The molecule has 128 valence electrons. The van der Waals surface area contributed by atoms with Gasteiger partial charge in [-0.05, 0) is 43.7 Å². The molecule has 0 amide bonds. The van der Waals surface area contributed by atoms with Crippen molar-refractivity contribution in [3.8, 4) is 11.4 Å². The second kappa shape index (κ2) is 6.77. The van der Waals surface area contributed by atoms with E-state index in [-0.39, 0.29) is 0 Å². The highest BCUT2D eigenvalue weighted by Gasteiger charge is 2.11. The zero-order valence-electron chi connectivity index (χ0n) is 14.6. The quantitative estimate of drug-likeness (QED) is 0.465. The first-order chi connectivity index (χ1) is 12.6. The van der Waals surface area contributed by atoms with Gasteiger partial charge >= 0.3 is 0 Å². The lowest BCUT2D eigenvalue weighted by Gasteiger charge is -2.13. The molecule has 1 aromatic heterocycles. The van der Waals surface area contributed by atoms with Gasteiger partial charge in [-0.3, -0.25) is 0 Å². The van der Waals surface area contributed by atoms with Crippen LogP contribution in [0.15, 0.2) is 66.7 Å². The maximum atomic E-state index is 6.27. The van der Waals surface area contributed by atoms with Crippen molar-refractivity contribution in [2.45, 2.75) is 13.8 Å². The van der Waals surface area contributed by atoms with Crippen LogP contribution in [0, 0.1) is 13.8 Å². The van der Waals surface area contributed by atoms with E-state index in [1.165, 1.54) is 5.56 Å². The number of nitrogens with one attached hydrogen (secondary N) is 1. The predicted octanol–water partition coefficient (Wildman–Crippen LogP) is 6.31. The van der Waals surface area contributed by atoms with E-state index >= 15 is 0 Å². The van der Waals surface area contributed by atoms with E-state index < -0.39 is 0 Å². The molecule has 4 rings (SSSR count). The summed E-state index contributed by atoms with van der Waals surface area (Å²) >= 11 is 6.27. The number of benzene rings is 3. The first kappa shape index (κ1) is 16.6. The molecular weight excluding hydrogens is 342 g/mol. The Hall–Kier alpha value is -2.91. The fourth-order valence-corrected chi connectivity index (χ4v) is 3.05. The molecule has 4 heteroatoms. The minimum Gasteiger partial charge on any atom is -0.339 e. The number of hydrogen-bond donors (Lipinski definition) is 1. The van der Waals surface area contributed by atoms with Crippen LogP contribution in [-0.4, -0.2) is 9.97 Å². The number of anilines is 2. The van der Waals surface area contributed by atoms with Gasteiger partial charge in [-0.1, -0.05) is 59.6 Å². The molecule has 3 nitrogen and oxygen atoms in total. The number of hydrogen-bond acceptors (Lipinski definition) is 3. The second-order valence-electron chi connectivity index (χ2n) is 6.32. The minimum absolute atomic E-state index is 0.700. The van der Waals surface area contributed by atoms with Gasteiger partial charge in [0.25, 0.3) is 0 Å². The number of rotatable bonds is 3. The molecule has 0 radical (unpaired) electrons. The lowest BCUT2D eigenvalue weighted by Crippen LogP contribution is -2.00. The second-order valence-corrected chi connectivity index (χ2v) is 6.72. The van der Waals surface area contributed by atoms with Gasteiger partial charge in [0.05, 0.1) is 5.52 Å². The van der Waals surface area contributed by atoms with Gasteiger partial charge in [0, 0.05) is 21.7 Å². The summed E-state index contributed by atoms with van der Waals surface area (Å²) in [6.07, 6.45) is 0. The molecule has 0 spiro atoms. The van der Waals surface area contributed by atoms with Gasteiger partial charge in [-0.15, -0.1) is 0 Å². The molecule has 0 saturated heterocycles. The van der Waals surface area contributed by atoms with Crippen LogP contribution in [0.25, 0.3) is 22.3 Å². The lowest BCUT2D eigenvalue weighted by atomic mass is 10.1. The molecule has 4 aromatic rings. The van der Waals surface area contributed by atoms with Crippen molar-refractivity contribution in [3.63, 3.8) is 0 Å². The summed E-state index contributed by atoms with van der Waals surface area (Å²) in [6, 6.07) is 22.1. The number of halogens is 1. The number of aryl methyl sites for hydroxylation is 1. The van der Waals surface area contributed by atoms with Crippen molar-refractivity contribution in [2.75, 3.05) is 5.32 Å². The number of nitrogens with zero attached hydrogens (tertiary/aromatic N) is 2. The highest BCUT2D eigenvalue weighted by Crippen LogP contribution is 2.30. The van der Waals surface area contributed by atoms with Crippen molar-refractivity contribution in [2.24, 2.45) is 0 Å². The number of fused-ring (bicyclic) bond motifs is 1. The van der Waals surface area contributed by atoms with E-state index in [9.17, 15) is 0 Å². The van der Waals surface area contributed by atoms with Crippen LogP contribution >= 0.6 is 11.6 Å². The average Bonchev–Trinajstić information content (AvgIpc) is 2.66. The van der Waals surface area contributed by atoms with E-state index in [0.29, 0.717) is 5.82 Å². The molecule has 0 aliphatic rings. The van der Waals surface area contributed by atoms with Crippen LogP contribution in [0.5, 0.6) is 0 Å². The van der Waals surface area contributed by atoms with E-state index in [0.717, 1.165) is 38.6 Å². The third kappa shape index (κ3) is 3.14. The fraction of sp³-hybridized carbons (Fsp3) is 0.0909. The Bertz CT molecular complexity index is 1090. The number of para-hydroxylation sites is 1. The Morgan fingerprint density at radius 3 is 2.38 bits per heavy atom. The summed E-state index contributed by atoms with van der Waals surface area (Å²) in [4.78, 5) is 9.54. The minimum atomic E-state index is 0.700.